The number of fused-ring (bicyclic) bond motifs is 1. The van der Waals surface area contributed by atoms with Crippen molar-refractivity contribution in [1.29, 1.82) is 0 Å². The molecule has 7 aromatic rings. The molecule has 3 heterocycles. The normalized spacial score (nSPS) is 13.6. The smallest absolute Gasteiger partial charge is 0.358 e. The standard InChI is InChI=1S/C51H54N6.Pt/c1-33(2)41-21-15-22-42(34(3)4)47(41)54-29-27-52-49(54)37-17-14-20-40(31-37)57-46-32-38(25-26-45(46)56(51(57,9)10)39-18-12-11-13-19-39)50-53-28-30-55(50)48-43(35(5)6)23-16-24-44(48)36(7)8;/h11-30,33-36H,1-10H3;/q-2;+2. The van der Waals surface area contributed by atoms with E-state index in [1.807, 2.05) is 12.4 Å². The summed E-state index contributed by atoms with van der Waals surface area (Å²) in [6.07, 6.45) is 8.02. The Morgan fingerprint density at radius 2 is 0.966 bits per heavy atom. The van der Waals surface area contributed by atoms with Gasteiger partial charge < -0.3 is 18.9 Å². The maximum absolute atomic E-state index is 5.01. The summed E-state index contributed by atoms with van der Waals surface area (Å²) < 4.78 is 4.54. The fourth-order valence-electron chi connectivity index (χ4n) is 8.74. The summed E-state index contributed by atoms with van der Waals surface area (Å²) in [5.74, 6) is 3.14. The van der Waals surface area contributed by atoms with Crippen LogP contribution in [0.1, 0.15) is 115 Å². The molecular formula is C51H54N6Pt. The van der Waals surface area contributed by atoms with Crippen molar-refractivity contribution in [3.8, 4) is 34.2 Å². The van der Waals surface area contributed by atoms with Gasteiger partial charge in [0.25, 0.3) is 0 Å². The molecule has 0 aliphatic carbocycles. The number of rotatable bonds is 10. The fraction of sp³-hybridized carbons (Fsp3) is 0.294. The molecule has 0 bridgehead atoms. The number of aromatic nitrogens is 4. The van der Waals surface area contributed by atoms with Crippen molar-refractivity contribution in [2.45, 2.75) is 98.6 Å². The SMILES string of the molecule is CC(C)c1cccc(C(C)C)c1-n1ccnc1-c1[c-]c(N2c3[c-]c(-c4nccn4-c4c(C(C)C)cccc4C(C)C)ccc3N(c3ccccc3)C2(C)C)ccc1.[Pt+2]. The summed E-state index contributed by atoms with van der Waals surface area (Å²) in [4.78, 5) is 14.8. The first-order valence-corrected chi connectivity index (χ1v) is 20.5. The average molecular weight is 946 g/mol. The molecule has 0 saturated heterocycles. The second-order valence-electron chi connectivity index (χ2n) is 17.0. The van der Waals surface area contributed by atoms with Gasteiger partial charge in [-0.25, -0.2) is 0 Å². The van der Waals surface area contributed by atoms with Gasteiger partial charge in [0.2, 0.25) is 0 Å². The summed E-state index contributed by atoms with van der Waals surface area (Å²) in [7, 11) is 0. The van der Waals surface area contributed by atoms with Crippen LogP contribution in [0.2, 0.25) is 0 Å². The molecule has 2 aromatic heterocycles. The topological polar surface area (TPSA) is 42.1 Å². The van der Waals surface area contributed by atoms with E-state index >= 15 is 0 Å². The molecule has 8 rings (SSSR count). The van der Waals surface area contributed by atoms with Crippen molar-refractivity contribution in [2.75, 3.05) is 9.80 Å². The Kier molecular flexibility index (Phi) is 11.5. The minimum absolute atomic E-state index is 0. The minimum Gasteiger partial charge on any atom is -0.358 e. The molecule has 6 nitrogen and oxygen atoms in total. The molecule has 7 heteroatoms. The third-order valence-electron chi connectivity index (χ3n) is 11.4. The van der Waals surface area contributed by atoms with Crippen LogP contribution in [0.4, 0.5) is 22.7 Å². The molecule has 1 aliphatic heterocycles. The summed E-state index contributed by atoms with van der Waals surface area (Å²) in [6.45, 7) is 22.7. The van der Waals surface area contributed by atoms with Crippen LogP contribution in [0.3, 0.4) is 0 Å². The molecule has 0 spiro atoms. The third kappa shape index (κ3) is 7.04. The Morgan fingerprint density at radius 3 is 1.45 bits per heavy atom. The van der Waals surface area contributed by atoms with Crippen LogP contribution in [0.25, 0.3) is 34.2 Å². The molecule has 298 valence electrons. The molecule has 0 radical (unpaired) electrons. The predicted molar refractivity (Wildman–Crippen MR) is 237 cm³/mol. The molecule has 0 atom stereocenters. The van der Waals surface area contributed by atoms with Crippen LogP contribution in [-0.2, 0) is 21.1 Å². The zero-order valence-electron chi connectivity index (χ0n) is 35.4. The quantitative estimate of drug-likeness (QED) is 0.128. The minimum atomic E-state index is -0.525. The van der Waals surface area contributed by atoms with E-state index in [9.17, 15) is 0 Å². The average Bonchev–Trinajstić information content (AvgIpc) is 3.93. The van der Waals surface area contributed by atoms with Gasteiger partial charge in [-0.05, 0) is 89.0 Å². The first-order valence-electron chi connectivity index (χ1n) is 20.5. The molecule has 0 unspecified atom stereocenters. The number of hydrogen-bond acceptors (Lipinski definition) is 4. The Balaban J connectivity index is 0.00000512. The van der Waals surface area contributed by atoms with Crippen molar-refractivity contribution < 1.29 is 21.1 Å². The predicted octanol–water partition coefficient (Wildman–Crippen LogP) is 13.5. The molecule has 0 N–H and O–H groups in total. The van der Waals surface area contributed by atoms with Crippen molar-refractivity contribution in [3.63, 3.8) is 0 Å². The van der Waals surface area contributed by atoms with E-state index in [-0.39, 0.29) is 21.1 Å². The molecule has 0 saturated carbocycles. The Bertz CT molecular complexity index is 2490. The summed E-state index contributed by atoms with van der Waals surface area (Å²) in [5.41, 5.74) is 13.1. The molecule has 0 fully saturated rings. The Hall–Kier alpha value is -5.19. The third-order valence-corrected chi connectivity index (χ3v) is 11.4. The Morgan fingerprint density at radius 1 is 0.500 bits per heavy atom. The van der Waals surface area contributed by atoms with Gasteiger partial charge in [0.05, 0.1) is 11.6 Å². The van der Waals surface area contributed by atoms with E-state index in [4.69, 9.17) is 9.97 Å². The first-order chi connectivity index (χ1) is 27.4. The maximum atomic E-state index is 5.01. The van der Waals surface area contributed by atoms with E-state index in [2.05, 4.69) is 210 Å². The van der Waals surface area contributed by atoms with Crippen LogP contribution in [-0.4, -0.2) is 24.8 Å². The number of imidazole rings is 2. The van der Waals surface area contributed by atoms with Gasteiger partial charge >= 0.3 is 21.1 Å². The van der Waals surface area contributed by atoms with Gasteiger partial charge in [-0.3, -0.25) is 9.97 Å². The molecule has 1 aliphatic rings. The number of benzene rings is 5. The number of hydrogen-bond donors (Lipinski definition) is 0. The van der Waals surface area contributed by atoms with Gasteiger partial charge in [0.1, 0.15) is 5.66 Å². The van der Waals surface area contributed by atoms with Crippen LogP contribution < -0.4 is 9.80 Å². The summed E-state index contributed by atoms with van der Waals surface area (Å²) in [6, 6.07) is 42.7. The number of anilines is 4. The van der Waals surface area contributed by atoms with Crippen LogP contribution in [0.15, 0.2) is 122 Å². The van der Waals surface area contributed by atoms with Gasteiger partial charge in [-0.15, -0.1) is 53.6 Å². The molecule has 0 amide bonds. The van der Waals surface area contributed by atoms with Gasteiger partial charge in [0.15, 0.2) is 0 Å². The van der Waals surface area contributed by atoms with E-state index < -0.39 is 5.66 Å². The zero-order valence-corrected chi connectivity index (χ0v) is 37.6. The van der Waals surface area contributed by atoms with Crippen LogP contribution in [0, 0.1) is 12.1 Å². The van der Waals surface area contributed by atoms with E-state index in [1.54, 1.807) is 0 Å². The van der Waals surface area contributed by atoms with Gasteiger partial charge in [-0.1, -0.05) is 110 Å². The summed E-state index contributed by atoms with van der Waals surface area (Å²) in [5, 5.41) is 0. The molecule has 5 aromatic carbocycles. The summed E-state index contributed by atoms with van der Waals surface area (Å²) >= 11 is 0. The largest absolute Gasteiger partial charge is 2.00 e. The van der Waals surface area contributed by atoms with Gasteiger partial charge in [-0.2, -0.15) is 0 Å². The van der Waals surface area contributed by atoms with Gasteiger partial charge in [0, 0.05) is 41.8 Å². The zero-order chi connectivity index (χ0) is 40.2. The number of para-hydroxylation sites is 3. The van der Waals surface area contributed by atoms with E-state index in [1.165, 1.54) is 33.6 Å². The van der Waals surface area contributed by atoms with Crippen molar-refractivity contribution in [1.82, 2.24) is 19.1 Å². The van der Waals surface area contributed by atoms with Crippen molar-refractivity contribution >= 4 is 22.7 Å². The van der Waals surface area contributed by atoms with Crippen LogP contribution >= 0.6 is 0 Å². The second kappa shape index (κ2) is 16.2. The first kappa shape index (κ1) is 41.0. The van der Waals surface area contributed by atoms with E-state index in [0.29, 0.717) is 23.7 Å². The van der Waals surface area contributed by atoms with Crippen LogP contribution in [0.5, 0.6) is 0 Å². The monoisotopic (exact) mass is 945 g/mol. The molecule has 58 heavy (non-hydrogen) atoms. The Labute approximate surface area is 359 Å². The fourth-order valence-corrected chi connectivity index (χ4v) is 8.74. The molecular weight excluding hydrogens is 892 g/mol. The number of nitrogens with zero attached hydrogens (tertiary/aromatic N) is 6. The van der Waals surface area contributed by atoms with E-state index in [0.717, 1.165) is 45.5 Å². The maximum Gasteiger partial charge on any atom is 2.00 e. The van der Waals surface area contributed by atoms with Crippen molar-refractivity contribution in [2.24, 2.45) is 0 Å². The van der Waals surface area contributed by atoms with Crippen molar-refractivity contribution in [3.05, 3.63) is 156 Å². The second-order valence-corrected chi connectivity index (χ2v) is 17.0.